The normalized spacial score (nSPS) is 18.7. The number of hydrogen-bond acceptors (Lipinski definition) is 12. The van der Waals surface area contributed by atoms with E-state index in [-0.39, 0.29) is 18.2 Å². The number of para-hydroxylation sites is 1. The predicted octanol–water partition coefficient (Wildman–Crippen LogP) is 6.44. The van der Waals surface area contributed by atoms with E-state index in [9.17, 15) is 18.9 Å². The number of nitrogens with zero attached hydrogens (tertiary/aromatic N) is 6. The van der Waals surface area contributed by atoms with Crippen molar-refractivity contribution in [1.29, 1.82) is 0 Å². The molecule has 3 aromatic carbocycles. The number of ether oxygens (including phenoxy) is 1. The van der Waals surface area contributed by atoms with Crippen LogP contribution < -0.4 is 30.9 Å². The summed E-state index contributed by atoms with van der Waals surface area (Å²) < 4.78 is 18.7. The highest BCUT2D eigenvalue weighted by molar-refractivity contribution is 7.70. The number of amides is 3. The maximum absolute atomic E-state index is 13.1. The second-order valence-corrected chi connectivity index (χ2v) is 20.6. The monoisotopic (exact) mass is 891 g/mol. The molecule has 3 amide bonds. The van der Waals surface area contributed by atoms with Crippen molar-refractivity contribution in [2.45, 2.75) is 63.6 Å². The minimum absolute atomic E-state index is 0.172. The molecule has 5 heterocycles. The summed E-state index contributed by atoms with van der Waals surface area (Å²) in [4.78, 5) is 55.5. The van der Waals surface area contributed by atoms with E-state index in [2.05, 4.69) is 64.6 Å². The number of unbranched alkanes of at least 4 members (excludes halogenated alkanes) is 2. The zero-order chi connectivity index (χ0) is 44.1. The second kappa shape index (κ2) is 19.5. The molecule has 8 rings (SSSR count). The van der Waals surface area contributed by atoms with Gasteiger partial charge in [-0.25, -0.2) is 4.98 Å². The van der Waals surface area contributed by atoms with Crippen LogP contribution in [0.15, 0.2) is 66.9 Å². The fourth-order valence-corrected chi connectivity index (χ4v) is 10.3. The molecule has 330 valence electrons. The van der Waals surface area contributed by atoms with Crippen molar-refractivity contribution in [3.63, 3.8) is 0 Å². The van der Waals surface area contributed by atoms with E-state index in [0.29, 0.717) is 52.8 Å². The number of nitrogens with one attached hydrogen (secondary N) is 3. The van der Waals surface area contributed by atoms with E-state index in [0.717, 1.165) is 106 Å². The molecule has 3 fully saturated rings. The standard InChI is InChI=1S/C47H55ClN9O5P/c1-62-41-29-34(16-17-38(41)51-47-49-30-37(48)44(53-47)50-39-14-7-8-15-42(39)63(2,3)61)55-23-20-33(21-24-55)56-27-25-54(26-28-56)22-9-5-4-6-11-32-12-10-13-35-36(32)31-57(46(35)60)40-18-19-43(58)52-45(40)59/h7-8,10,12-17,29-30,33,40H,4-5,9,18-28,31H2,1-3H3,(H,52,58,59)(H2,49,50,51,53). The Hall–Kier alpha value is -5.45. The molecule has 0 saturated carbocycles. The highest BCUT2D eigenvalue weighted by atomic mass is 35.5. The van der Waals surface area contributed by atoms with Gasteiger partial charge in [0, 0.05) is 92.9 Å². The molecule has 1 atom stereocenters. The number of anilines is 5. The molecule has 1 unspecified atom stereocenters. The number of hydrogen-bond donors (Lipinski definition) is 3. The first-order valence-electron chi connectivity index (χ1n) is 21.8. The van der Waals surface area contributed by atoms with Gasteiger partial charge in [-0.05, 0) is 93.9 Å². The number of aromatic nitrogens is 2. The number of benzene rings is 3. The van der Waals surface area contributed by atoms with Gasteiger partial charge in [-0.1, -0.05) is 41.6 Å². The lowest BCUT2D eigenvalue weighted by Gasteiger charge is -2.43. The van der Waals surface area contributed by atoms with Gasteiger partial charge >= 0.3 is 0 Å². The van der Waals surface area contributed by atoms with Crippen LogP contribution >= 0.6 is 18.7 Å². The molecule has 63 heavy (non-hydrogen) atoms. The van der Waals surface area contributed by atoms with Crippen molar-refractivity contribution >= 4 is 70.6 Å². The Balaban J connectivity index is 0.764. The molecule has 4 aliphatic heterocycles. The van der Waals surface area contributed by atoms with Crippen LogP contribution in [-0.4, -0.2) is 121 Å². The first-order valence-corrected chi connectivity index (χ1v) is 24.8. The molecule has 0 bridgehead atoms. The third-order valence-electron chi connectivity index (χ3n) is 12.5. The van der Waals surface area contributed by atoms with Crippen LogP contribution in [0.1, 0.15) is 66.4 Å². The third-order valence-corrected chi connectivity index (χ3v) is 14.3. The predicted molar refractivity (Wildman–Crippen MR) is 249 cm³/mol. The summed E-state index contributed by atoms with van der Waals surface area (Å²) in [6, 6.07) is 19.2. The van der Waals surface area contributed by atoms with Crippen molar-refractivity contribution < 1.29 is 23.7 Å². The van der Waals surface area contributed by atoms with Crippen LogP contribution in [0.25, 0.3) is 0 Å². The number of piperazine rings is 1. The quantitative estimate of drug-likeness (QED) is 0.0586. The lowest BCUT2D eigenvalue weighted by atomic mass is 10.0. The molecule has 1 aromatic heterocycles. The largest absolute Gasteiger partial charge is 0.494 e. The summed E-state index contributed by atoms with van der Waals surface area (Å²) in [5.41, 5.74) is 4.84. The van der Waals surface area contributed by atoms with Gasteiger partial charge in [0.05, 0.1) is 24.7 Å². The fraction of sp³-hybridized carbons (Fsp3) is 0.426. The summed E-state index contributed by atoms with van der Waals surface area (Å²) in [6.45, 7) is 11.1. The third kappa shape index (κ3) is 10.3. The van der Waals surface area contributed by atoms with Crippen molar-refractivity contribution in [1.82, 2.24) is 30.0 Å². The molecule has 3 N–H and O–H groups in total. The maximum atomic E-state index is 13.1. The number of carbonyl (C=O) groups is 3. The SMILES string of the molecule is COc1cc(N2CCC(N3CCN(CCCCC#Cc4cccc5c4CN(C4CCC(=O)NC4=O)C5=O)CC3)CC2)ccc1Nc1ncc(Cl)c(Nc2ccccc2P(C)(C)=O)n1. The van der Waals surface area contributed by atoms with Crippen LogP contribution in [-0.2, 0) is 20.7 Å². The van der Waals surface area contributed by atoms with Crippen LogP contribution in [0.5, 0.6) is 5.75 Å². The first kappa shape index (κ1) is 44.2. The van der Waals surface area contributed by atoms with E-state index >= 15 is 0 Å². The summed E-state index contributed by atoms with van der Waals surface area (Å²) in [5.74, 6) is 7.21. The summed E-state index contributed by atoms with van der Waals surface area (Å²) in [6.07, 6.45) is 7.22. The molecule has 16 heteroatoms. The lowest BCUT2D eigenvalue weighted by Crippen LogP contribution is -2.53. The van der Waals surface area contributed by atoms with Gasteiger partial charge in [-0.15, -0.1) is 0 Å². The highest BCUT2D eigenvalue weighted by Crippen LogP contribution is 2.39. The average Bonchev–Trinajstić information content (AvgIpc) is 3.62. The number of carbonyl (C=O) groups excluding carboxylic acids is 3. The first-order chi connectivity index (χ1) is 30.4. The van der Waals surface area contributed by atoms with Gasteiger partial charge < -0.3 is 34.6 Å². The smallest absolute Gasteiger partial charge is 0.255 e. The molecule has 0 radical (unpaired) electrons. The Kier molecular flexibility index (Phi) is 13.7. The van der Waals surface area contributed by atoms with Gasteiger partial charge in [0.25, 0.3) is 5.91 Å². The summed E-state index contributed by atoms with van der Waals surface area (Å²) in [5, 5.41) is 9.98. The van der Waals surface area contributed by atoms with Crippen LogP contribution in [0.3, 0.4) is 0 Å². The minimum atomic E-state index is -2.55. The number of imide groups is 1. The Bertz CT molecular complexity index is 2470. The second-order valence-electron chi connectivity index (χ2n) is 17.0. The van der Waals surface area contributed by atoms with Crippen molar-refractivity contribution in [3.8, 4) is 17.6 Å². The molecule has 4 aliphatic rings. The maximum Gasteiger partial charge on any atom is 0.255 e. The number of rotatable bonds is 13. The summed E-state index contributed by atoms with van der Waals surface area (Å²) >= 11 is 6.49. The highest BCUT2D eigenvalue weighted by Gasteiger charge is 2.39. The van der Waals surface area contributed by atoms with Crippen LogP contribution in [0.4, 0.5) is 28.8 Å². The topological polar surface area (TPSA) is 152 Å². The van der Waals surface area contributed by atoms with Crippen molar-refractivity contribution in [3.05, 3.63) is 88.6 Å². The van der Waals surface area contributed by atoms with E-state index in [4.69, 9.17) is 16.3 Å². The van der Waals surface area contributed by atoms with Crippen molar-refractivity contribution in [2.24, 2.45) is 0 Å². The molecule has 3 saturated heterocycles. The van der Waals surface area contributed by atoms with Gasteiger partial charge in [-0.3, -0.25) is 24.6 Å². The molecule has 0 aliphatic carbocycles. The molecular formula is C47H55ClN9O5P. The molecule has 14 nitrogen and oxygen atoms in total. The zero-order valence-corrected chi connectivity index (χ0v) is 37.8. The summed E-state index contributed by atoms with van der Waals surface area (Å²) in [7, 11) is -0.884. The van der Waals surface area contributed by atoms with Crippen LogP contribution in [0.2, 0.25) is 5.02 Å². The minimum Gasteiger partial charge on any atom is -0.494 e. The van der Waals surface area contributed by atoms with Crippen molar-refractivity contribution in [2.75, 3.05) is 81.8 Å². The van der Waals surface area contributed by atoms with E-state index in [1.54, 1.807) is 31.4 Å². The Morgan fingerprint density at radius 3 is 2.48 bits per heavy atom. The number of fused-ring (bicyclic) bond motifs is 1. The fourth-order valence-electron chi connectivity index (χ4n) is 9.04. The van der Waals surface area contributed by atoms with Crippen LogP contribution in [0, 0.1) is 11.8 Å². The molecule has 0 spiro atoms. The van der Waals surface area contributed by atoms with E-state index in [1.165, 1.54) is 6.20 Å². The molecule has 4 aromatic rings. The molecular weight excluding hydrogens is 837 g/mol. The van der Waals surface area contributed by atoms with Gasteiger partial charge in [-0.2, -0.15) is 4.98 Å². The van der Waals surface area contributed by atoms with Gasteiger partial charge in [0.15, 0.2) is 5.82 Å². The number of halogens is 1. The lowest BCUT2D eigenvalue weighted by molar-refractivity contribution is -0.136. The number of piperidine rings is 2. The Labute approximate surface area is 374 Å². The van der Waals surface area contributed by atoms with Gasteiger partial charge in [0.1, 0.15) is 24.0 Å². The van der Waals surface area contributed by atoms with Gasteiger partial charge in [0.2, 0.25) is 17.8 Å². The Morgan fingerprint density at radius 2 is 1.71 bits per heavy atom. The van der Waals surface area contributed by atoms with E-state index < -0.39 is 19.1 Å². The average molecular weight is 892 g/mol. The van der Waals surface area contributed by atoms with E-state index in [1.807, 2.05) is 42.5 Å². The Morgan fingerprint density at radius 1 is 0.921 bits per heavy atom. The zero-order valence-electron chi connectivity index (χ0n) is 36.2. The number of methoxy groups -OCH3 is 1.